The van der Waals surface area contributed by atoms with Gasteiger partial charge in [-0.05, 0) is 69.8 Å². The lowest BCUT2D eigenvalue weighted by molar-refractivity contribution is -0.392. The largest absolute Gasteiger partial charge is 0.489 e. The average molecular weight is 967 g/mol. The lowest BCUT2D eigenvalue weighted by Crippen LogP contribution is -2.64. The summed E-state index contributed by atoms with van der Waals surface area (Å²) in [7, 11) is 0. The molecule has 0 saturated heterocycles. The van der Waals surface area contributed by atoms with Gasteiger partial charge in [-0.2, -0.15) is 0 Å². The SMILES string of the molecule is O=C(OC1(OCc2ccccc2)Cc2ccccc2OC1(OCc1ccccc1)c1cc(OCc2ccccc2)c(OCc2ccccc2)c(OCc2ccccc2)c1)c1cccc(OCc2ccccc2)c1. The molecule has 9 nitrogen and oxygen atoms in total. The topological polar surface area (TPSA) is 90.9 Å². The Morgan fingerprint density at radius 3 is 1.34 bits per heavy atom. The molecule has 0 aromatic heterocycles. The fourth-order valence-corrected chi connectivity index (χ4v) is 8.65. The number of esters is 1. The molecular formula is C64H54O9. The average Bonchev–Trinajstić information content (AvgIpc) is 3.45. The van der Waals surface area contributed by atoms with Crippen molar-refractivity contribution < 1.29 is 42.7 Å². The monoisotopic (exact) mass is 966 g/mol. The number of ether oxygens (including phenoxy) is 8. The van der Waals surface area contributed by atoms with Gasteiger partial charge in [0.25, 0.3) is 5.79 Å². The van der Waals surface area contributed by atoms with E-state index in [0.29, 0.717) is 40.9 Å². The third-order valence-electron chi connectivity index (χ3n) is 12.4. The van der Waals surface area contributed by atoms with Gasteiger partial charge in [-0.25, -0.2) is 4.79 Å². The molecule has 0 aliphatic carbocycles. The smallest absolute Gasteiger partial charge is 0.341 e. The van der Waals surface area contributed by atoms with Crippen LogP contribution in [-0.4, -0.2) is 11.8 Å². The molecule has 2 atom stereocenters. The first-order valence-corrected chi connectivity index (χ1v) is 24.3. The Morgan fingerprint density at radius 2 is 0.836 bits per heavy atom. The van der Waals surface area contributed by atoms with Crippen molar-refractivity contribution in [2.45, 2.75) is 57.6 Å². The van der Waals surface area contributed by atoms with Crippen LogP contribution in [-0.2, 0) is 66.1 Å². The zero-order valence-electron chi connectivity index (χ0n) is 40.2. The molecule has 1 aliphatic rings. The summed E-state index contributed by atoms with van der Waals surface area (Å²) in [5.74, 6) is -2.81. The van der Waals surface area contributed by atoms with Crippen molar-refractivity contribution in [1.29, 1.82) is 0 Å². The third kappa shape index (κ3) is 11.8. The molecule has 1 heterocycles. The highest BCUT2D eigenvalue weighted by Crippen LogP contribution is 2.54. The van der Waals surface area contributed by atoms with Crippen LogP contribution in [0.25, 0.3) is 0 Å². The first-order valence-electron chi connectivity index (χ1n) is 24.3. The molecule has 9 heteroatoms. The molecule has 1 aliphatic heterocycles. The van der Waals surface area contributed by atoms with Crippen LogP contribution in [0.2, 0.25) is 0 Å². The first-order chi connectivity index (χ1) is 36.0. The summed E-state index contributed by atoms with van der Waals surface area (Å²) in [6, 6.07) is 77.2. The Hall–Kier alpha value is -8.63. The van der Waals surface area contributed by atoms with Crippen molar-refractivity contribution in [3.8, 4) is 28.7 Å². The van der Waals surface area contributed by atoms with Crippen LogP contribution in [0.5, 0.6) is 28.7 Å². The van der Waals surface area contributed by atoms with Crippen molar-refractivity contribution in [1.82, 2.24) is 0 Å². The van der Waals surface area contributed by atoms with Crippen LogP contribution in [0.15, 0.2) is 243 Å². The minimum atomic E-state index is -2.07. The van der Waals surface area contributed by atoms with Crippen LogP contribution >= 0.6 is 0 Å². The molecule has 9 aromatic carbocycles. The van der Waals surface area contributed by atoms with Gasteiger partial charge in [-0.15, -0.1) is 0 Å². The highest BCUT2D eigenvalue weighted by atomic mass is 16.8. The predicted molar refractivity (Wildman–Crippen MR) is 279 cm³/mol. The van der Waals surface area contributed by atoms with Gasteiger partial charge in [0.1, 0.15) is 37.9 Å². The number of hydrogen-bond acceptors (Lipinski definition) is 9. The Balaban J connectivity index is 1.16. The van der Waals surface area contributed by atoms with Crippen LogP contribution in [0, 0.1) is 0 Å². The third-order valence-corrected chi connectivity index (χ3v) is 12.4. The maximum atomic E-state index is 15.2. The number of benzene rings is 9. The van der Waals surface area contributed by atoms with Gasteiger partial charge in [0.05, 0.1) is 18.8 Å². The Bertz CT molecular complexity index is 3110. The summed E-state index contributed by atoms with van der Waals surface area (Å²) >= 11 is 0. The van der Waals surface area contributed by atoms with E-state index in [1.54, 1.807) is 18.2 Å². The molecule has 0 fully saturated rings. The summed E-state index contributed by atoms with van der Waals surface area (Å²) in [6.07, 6.45) is 0.00735. The van der Waals surface area contributed by atoms with E-state index in [1.165, 1.54) is 0 Å². The Morgan fingerprint density at radius 1 is 0.411 bits per heavy atom. The molecule has 73 heavy (non-hydrogen) atoms. The van der Waals surface area contributed by atoms with Gasteiger partial charge < -0.3 is 37.9 Å². The van der Waals surface area contributed by atoms with Gasteiger partial charge in [-0.1, -0.05) is 206 Å². The summed E-state index contributed by atoms with van der Waals surface area (Å²) in [5, 5.41) is 0. The molecule has 0 spiro atoms. The van der Waals surface area contributed by atoms with Gasteiger partial charge in [0.15, 0.2) is 11.5 Å². The number of rotatable bonds is 21. The lowest BCUT2D eigenvalue weighted by atomic mass is 9.86. The van der Waals surface area contributed by atoms with Crippen LogP contribution < -0.4 is 23.7 Å². The van der Waals surface area contributed by atoms with E-state index in [0.717, 1.165) is 38.9 Å². The van der Waals surface area contributed by atoms with Crippen molar-refractivity contribution in [3.63, 3.8) is 0 Å². The fourth-order valence-electron chi connectivity index (χ4n) is 8.65. The second-order valence-corrected chi connectivity index (χ2v) is 17.6. The molecule has 0 saturated carbocycles. The Labute approximate surface area is 426 Å². The van der Waals surface area contributed by atoms with E-state index < -0.39 is 17.5 Å². The van der Waals surface area contributed by atoms with E-state index in [4.69, 9.17) is 37.9 Å². The van der Waals surface area contributed by atoms with Crippen molar-refractivity contribution in [3.05, 3.63) is 293 Å². The lowest BCUT2D eigenvalue weighted by Gasteiger charge is -2.50. The van der Waals surface area contributed by atoms with Crippen LogP contribution in [0.1, 0.15) is 54.9 Å². The fraction of sp³-hybridized carbons (Fsp3) is 0.141. The molecule has 364 valence electrons. The number of fused-ring (bicyclic) bond motifs is 1. The van der Waals surface area contributed by atoms with Crippen LogP contribution in [0.3, 0.4) is 0 Å². The van der Waals surface area contributed by atoms with Crippen molar-refractivity contribution in [2.24, 2.45) is 0 Å². The zero-order valence-corrected chi connectivity index (χ0v) is 40.2. The normalized spacial score (nSPS) is 15.8. The molecule has 2 unspecified atom stereocenters. The summed E-state index contributed by atoms with van der Waals surface area (Å²) in [6.45, 7) is 0.881. The van der Waals surface area contributed by atoms with Gasteiger partial charge in [0, 0.05) is 17.5 Å². The molecule has 0 N–H and O–H groups in total. The van der Waals surface area contributed by atoms with E-state index in [9.17, 15) is 0 Å². The van der Waals surface area contributed by atoms with E-state index in [1.807, 2.05) is 224 Å². The minimum Gasteiger partial charge on any atom is -0.489 e. The second kappa shape index (κ2) is 23.1. The van der Waals surface area contributed by atoms with Gasteiger partial charge in [-0.3, -0.25) is 0 Å². The highest BCUT2D eigenvalue weighted by Gasteiger charge is 2.64. The van der Waals surface area contributed by atoms with Crippen LogP contribution in [0.4, 0.5) is 0 Å². The number of carbonyl (C=O) groups is 1. The predicted octanol–water partition coefficient (Wildman–Crippen LogP) is 13.8. The minimum absolute atomic E-state index is 0.00329. The number of para-hydroxylation sites is 1. The van der Waals surface area contributed by atoms with E-state index in [2.05, 4.69) is 0 Å². The van der Waals surface area contributed by atoms with E-state index in [-0.39, 0.29) is 45.0 Å². The first kappa shape index (κ1) is 48.0. The quantitative estimate of drug-likeness (QED) is 0.0516. The maximum Gasteiger partial charge on any atom is 0.341 e. The maximum absolute atomic E-state index is 15.2. The van der Waals surface area contributed by atoms with Gasteiger partial charge >= 0.3 is 11.8 Å². The summed E-state index contributed by atoms with van der Waals surface area (Å²) in [5.41, 5.74) is 6.77. The van der Waals surface area contributed by atoms with Crippen molar-refractivity contribution >= 4 is 5.97 Å². The van der Waals surface area contributed by atoms with E-state index >= 15 is 4.79 Å². The summed E-state index contributed by atoms with van der Waals surface area (Å²) in [4.78, 5) is 15.2. The molecular weight excluding hydrogens is 913 g/mol. The molecule has 0 amide bonds. The summed E-state index contributed by atoms with van der Waals surface area (Å²) < 4.78 is 55.7. The standard InChI is InChI=1S/C64H54O9/c65-62(54-35-21-36-57(38-54)66-42-48-22-7-1-8-23-48)73-63(70-46-52-30-15-5-16-31-52)41-55-34-19-20-37-58(55)72-64(63,71-47-53-32-17-6-18-33-53)56-39-59(67-43-49-24-9-2-10-25-49)61(69-45-51-28-13-4-14-29-51)60(40-56)68-44-50-26-11-3-12-27-50/h1-40H,41-47H2. The molecule has 0 radical (unpaired) electrons. The molecule has 9 aromatic rings. The molecule has 0 bridgehead atoms. The van der Waals surface area contributed by atoms with Gasteiger partial charge in [0.2, 0.25) is 5.75 Å². The number of hydrogen-bond donors (Lipinski definition) is 0. The Kier molecular flexibility index (Phi) is 15.2. The second-order valence-electron chi connectivity index (χ2n) is 17.6. The highest BCUT2D eigenvalue weighted by molar-refractivity contribution is 5.90. The zero-order chi connectivity index (χ0) is 49.6. The molecule has 10 rings (SSSR count). The number of carbonyl (C=O) groups excluding carboxylic acids is 1. The van der Waals surface area contributed by atoms with Crippen molar-refractivity contribution in [2.75, 3.05) is 0 Å².